The number of hydrogen-bond acceptors (Lipinski definition) is 3. The van der Waals surface area contributed by atoms with E-state index >= 15 is 0 Å². The van der Waals surface area contributed by atoms with E-state index in [1.165, 1.54) is 0 Å². The summed E-state index contributed by atoms with van der Waals surface area (Å²) in [5, 5.41) is 31.5. The van der Waals surface area contributed by atoms with E-state index in [1.807, 2.05) is 0 Å². The van der Waals surface area contributed by atoms with Crippen LogP contribution >= 0.6 is 0 Å². The molecule has 0 aromatic heterocycles. The van der Waals surface area contributed by atoms with Gasteiger partial charge in [-0.15, -0.1) is 0 Å². The van der Waals surface area contributed by atoms with Crippen molar-refractivity contribution in [1.82, 2.24) is 0 Å². The minimum absolute atomic E-state index is 0.0647. The Hall–Kier alpha value is -0.120. The third kappa shape index (κ3) is 1.13. The molecule has 3 aliphatic carbocycles. The Morgan fingerprint density at radius 1 is 1.06 bits per heavy atom. The van der Waals surface area contributed by atoms with Crippen LogP contribution < -0.4 is 0 Å². The summed E-state index contributed by atoms with van der Waals surface area (Å²) >= 11 is 0. The highest BCUT2D eigenvalue weighted by molar-refractivity contribution is 5.25. The third-order valence-electron chi connectivity index (χ3n) is 7.02. The second-order valence-corrected chi connectivity index (χ2v) is 7.78. The molecule has 0 aromatic carbocycles. The summed E-state index contributed by atoms with van der Waals surface area (Å²) < 4.78 is 0. The van der Waals surface area contributed by atoms with Gasteiger partial charge in [-0.2, -0.15) is 0 Å². The van der Waals surface area contributed by atoms with Crippen LogP contribution in [0.2, 0.25) is 0 Å². The predicted molar refractivity (Wildman–Crippen MR) is 68.9 cm³/mol. The molecule has 1 spiro atoms. The first-order valence-corrected chi connectivity index (χ1v) is 7.27. The van der Waals surface area contributed by atoms with E-state index in [0.29, 0.717) is 24.7 Å². The SMILES string of the molecule is CC1(O)CCC23CC1(O)C(C)(C)C2CCC3CO. The van der Waals surface area contributed by atoms with Gasteiger partial charge in [-0.05, 0) is 61.7 Å². The van der Waals surface area contributed by atoms with Crippen LogP contribution in [0.15, 0.2) is 0 Å². The van der Waals surface area contributed by atoms with Crippen LogP contribution in [0.5, 0.6) is 0 Å². The monoisotopic (exact) mass is 254 g/mol. The molecular weight excluding hydrogens is 228 g/mol. The summed E-state index contributed by atoms with van der Waals surface area (Å²) in [5.41, 5.74) is -2.20. The van der Waals surface area contributed by atoms with E-state index in [4.69, 9.17) is 0 Å². The third-order valence-corrected chi connectivity index (χ3v) is 7.02. The van der Waals surface area contributed by atoms with Gasteiger partial charge in [0.05, 0.1) is 11.2 Å². The van der Waals surface area contributed by atoms with E-state index in [-0.39, 0.29) is 17.4 Å². The zero-order valence-corrected chi connectivity index (χ0v) is 11.7. The van der Waals surface area contributed by atoms with Crippen molar-refractivity contribution >= 4 is 0 Å². The summed E-state index contributed by atoms with van der Waals surface area (Å²) in [5.74, 6) is 0.744. The van der Waals surface area contributed by atoms with Gasteiger partial charge in [0.15, 0.2) is 0 Å². The lowest BCUT2D eigenvalue weighted by Crippen LogP contribution is -2.60. The van der Waals surface area contributed by atoms with Gasteiger partial charge < -0.3 is 15.3 Å². The summed E-state index contributed by atoms with van der Waals surface area (Å²) in [4.78, 5) is 0. The summed E-state index contributed by atoms with van der Waals surface area (Å²) in [6.07, 6.45) is 4.41. The molecule has 104 valence electrons. The number of aliphatic hydroxyl groups excluding tert-OH is 1. The maximum atomic E-state index is 11.2. The first-order chi connectivity index (χ1) is 8.21. The standard InChI is InChI=1S/C15H26O3/c1-12(2)11-5-4-10(8-16)14(11)7-6-13(3,17)15(12,18)9-14/h10-11,16-18H,4-9H2,1-3H3. The van der Waals surface area contributed by atoms with Gasteiger partial charge in [-0.1, -0.05) is 13.8 Å². The van der Waals surface area contributed by atoms with Crippen LogP contribution in [-0.4, -0.2) is 33.1 Å². The molecule has 0 heterocycles. The van der Waals surface area contributed by atoms with Gasteiger partial charge in [-0.3, -0.25) is 0 Å². The molecule has 18 heavy (non-hydrogen) atoms. The van der Waals surface area contributed by atoms with Gasteiger partial charge >= 0.3 is 0 Å². The Morgan fingerprint density at radius 3 is 2.33 bits per heavy atom. The number of rotatable bonds is 1. The normalized spacial score (nSPS) is 57.7. The first-order valence-electron chi connectivity index (χ1n) is 7.27. The van der Waals surface area contributed by atoms with Crippen molar-refractivity contribution in [1.29, 1.82) is 0 Å². The molecule has 2 bridgehead atoms. The zero-order chi connectivity index (χ0) is 13.4. The Balaban J connectivity index is 2.12. The molecule has 3 heteroatoms. The summed E-state index contributed by atoms with van der Waals surface area (Å²) in [6, 6.07) is 0. The maximum absolute atomic E-state index is 11.2. The molecule has 3 rings (SSSR count). The van der Waals surface area contributed by atoms with Crippen LogP contribution in [0, 0.1) is 22.7 Å². The quantitative estimate of drug-likeness (QED) is 0.667. The fourth-order valence-electron chi connectivity index (χ4n) is 5.87. The molecule has 0 aliphatic heterocycles. The van der Waals surface area contributed by atoms with Gasteiger partial charge in [0.25, 0.3) is 0 Å². The summed E-state index contributed by atoms with van der Waals surface area (Å²) in [7, 11) is 0. The van der Waals surface area contributed by atoms with Crippen molar-refractivity contribution in [2.24, 2.45) is 22.7 Å². The van der Waals surface area contributed by atoms with Crippen molar-refractivity contribution in [2.45, 2.75) is 64.1 Å². The second-order valence-electron chi connectivity index (χ2n) is 7.78. The topological polar surface area (TPSA) is 60.7 Å². The smallest absolute Gasteiger partial charge is 0.0989 e. The zero-order valence-electron chi connectivity index (χ0n) is 11.7. The minimum atomic E-state index is -1.00. The largest absolute Gasteiger partial charge is 0.396 e. The summed E-state index contributed by atoms with van der Waals surface area (Å²) in [6.45, 7) is 6.24. The number of hydrogen-bond donors (Lipinski definition) is 3. The fourth-order valence-corrected chi connectivity index (χ4v) is 5.87. The highest BCUT2D eigenvalue weighted by Gasteiger charge is 2.75. The molecule has 0 amide bonds. The average molecular weight is 254 g/mol. The molecule has 5 unspecified atom stereocenters. The Morgan fingerprint density at radius 2 is 1.72 bits per heavy atom. The van der Waals surface area contributed by atoms with Crippen LogP contribution in [0.4, 0.5) is 0 Å². The maximum Gasteiger partial charge on any atom is 0.0989 e. The van der Waals surface area contributed by atoms with Gasteiger partial charge in [0.1, 0.15) is 0 Å². The molecule has 3 saturated carbocycles. The van der Waals surface area contributed by atoms with Crippen LogP contribution in [-0.2, 0) is 0 Å². The molecule has 3 fully saturated rings. The van der Waals surface area contributed by atoms with Crippen molar-refractivity contribution in [3.63, 3.8) is 0 Å². The number of aliphatic hydroxyl groups is 3. The van der Waals surface area contributed by atoms with E-state index < -0.39 is 11.2 Å². The first kappa shape index (κ1) is 12.9. The molecule has 3 N–H and O–H groups in total. The molecule has 0 aromatic rings. The van der Waals surface area contributed by atoms with Crippen molar-refractivity contribution in [2.75, 3.05) is 6.61 Å². The lowest BCUT2D eigenvalue weighted by Gasteiger charge is -2.51. The van der Waals surface area contributed by atoms with E-state index in [1.54, 1.807) is 6.92 Å². The van der Waals surface area contributed by atoms with Crippen LogP contribution in [0.1, 0.15) is 52.9 Å². The minimum Gasteiger partial charge on any atom is -0.396 e. The van der Waals surface area contributed by atoms with Gasteiger partial charge in [-0.25, -0.2) is 0 Å². The van der Waals surface area contributed by atoms with Crippen LogP contribution in [0.3, 0.4) is 0 Å². The van der Waals surface area contributed by atoms with Crippen LogP contribution in [0.25, 0.3) is 0 Å². The molecule has 0 saturated heterocycles. The molecule has 3 aliphatic rings. The van der Waals surface area contributed by atoms with Gasteiger partial charge in [0.2, 0.25) is 0 Å². The van der Waals surface area contributed by atoms with E-state index in [9.17, 15) is 15.3 Å². The second kappa shape index (κ2) is 3.31. The lowest BCUT2D eigenvalue weighted by molar-refractivity contribution is -0.208. The van der Waals surface area contributed by atoms with Gasteiger partial charge in [0, 0.05) is 6.61 Å². The Labute approximate surface area is 109 Å². The Bertz CT molecular complexity index is 376. The Kier molecular flexibility index (Phi) is 2.37. The van der Waals surface area contributed by atoms with Crippen molar-refractivity contribution in [3.8, 4) is 0 Å². The fraction of sp³-hybridized carbons (Fsp3) is 1.00. The highest BCUT2D eigenvalue weighted by Crippen LogP contribution is 2.74. The number of fused-ring (bicyclic) bond motifs is 1. The molecule has 3 nitrogen and oxygen atoms in total. The molecular formula is C15H26O3. The average Bonchev–Trinajstić information content (AvgIpc) is 2.69. The molecule has 0 radical (unpaired) electrons. The lowest BCUT2D eigenvalue weighted by atomic mass is 9.61. The van der Waals surface area contributed by atoms with Crippen molar-refractivity contribution < 1.29 is 15.3 Å². The van der Waals surface area contributed by atoms with E-state index in [0.717, 1.165) is 19.3 Å². The van der Waals surface area contributed by atoms with Crippen molar-refractivity contribution in [3.05, 3.63) is 0 Å². The van der Waals surface area contributed by atoms with E-state index in [2.05, 4.69) is 13.8 Å². The molecule has 5 atom stereocenters. The predicted octanol–water partition coefficient (Wildman–Crippen LogP) is 1.70. The highest BCUT2D eigenvalue weighted by atomic mass is 16.4.